The number of likely N-dealkylation sites (tertiary alicyclic amines) is 1. The van der Waals surface area contributed by atoms with E-state index in [0.717, 1.165) is 12.6 Å². The van der Waals surface area contributed by atoms with Crippen molar-refractivity contribution >= 4 is 35.4 Å². The number of imidazole rings is 1. The molecule has 5 N–H and O–H groups in total. The van der Waals surface area contributed by atoms with Gasteiger partial charge in [0.1, 0.15) is 6.54 Å². The molecule has 2 amide bonds. The van der Waals surface area contributed by atoms with Crippen LogP contribution in [0.25, 0.3) is 16.9 Å². The zero-order valence-corrected chi connectivity index (χ0v) is 25.0. The number of aryl methyl sites for hydroxylation is 1. The maximum Gasteiger partial charge on any atom is 0.435 e. The van der Waals surface area contributed by atoms with Crippen molar-refractivity contribution in [3.63, 3.8) is 0 Å². The van der Waals surface area contributed by atoms with Crippen molar-refractivity contribution in [2.45, 2.75) is 38.9 Å². The molecular formula is C29H32F5N9O4. The summed E-state index contributed by atoms with van der Waals surface area (Å²) in [5.74, 6) is -0.0990. The van der Waals surface area contributed by atoms with Crippen LogP contribution in [0, 0.1) is 5.92 Å². The molecule has 18 heteroatoms. The van der Waals surface area contributed by atoms with E-state index in [1.165, 1.54) is 23.0 Å². The van der Waals surface area contributed by atoms with Crippen LogP contribution in [0.15, 0.2) is 43.0 Å². The summed E-state index contributed by atoms with van der Waals surface area (Å²) in [7, 11) is 0. The fourth-order valence-electron chi connectivity index (χ4n) is 5.20. The van der Waals surface area contributed by atoms with Crippen LogP contribution in [0.1, 0.15) is 35.0 Å². The number of nitrogens with two attached hydrogens (primary N) is 1. The average Bonchev–Trinajstić information content (AvgIpc) is 3.78. The first-order valence-electron chi connectivity index (χ1n) is 14.4. The van der Waals surface area contributed by atoms with Gasteiger partial charge in [-0.3, -0.25) is 23.5 Å². The molecule has 1 fully saturated rings. The molecular weight excluding hydrogens is 633 g/mol. The summed E-state index contributed by atoms with van der Waals surface area (Å²) in [6.07, 6.45) is -1.59. The smallest absolute Gasteiger partial charge is 0.435 e. The summed E-state index contributed by atoms with van der Waals surface area (Å²) in [4.78, 5) is 44.0. The number of rotatable bonds is 10. The molecule has 0 aliphatic carbocycles. The first-order valence-corrected chi connectivity index (χ1v) is 14.4. The third-order valence-electron chi connectivity index (χ3n) is 7.42. The van der Waals surface area contributed by atoms with Gasteiger partial charge in [-0.2, -0.15) is 18.3 Å². The van der Waals surface area contributed by atoms with Crippen molar-refractivity contribution in [2.75, 3.05) is 31.5 Å². The van der Waals surface area contributed by atoms with E-state index >= 15 is 0 Å². The number of halogens is 5. The van der Waals surface area contributed by atoms with E-state index < -0.39 is 36.3 Å². The molecule has 1 atom stereocenters. The summed E-state index contributed by atoms with van der Waals surface area (Å²) < 4.78 is 68.9. The number of amides is 2. The number of carbonyl (C=O) groups excluding carboxylic acids is 2. The number of aromatic nitrogens is 5. The van der Waals surface area contributed by atoms with Crippen molar-refractivity contribution in [2.24, 2.45) is 11.7 Å². The van der Waals surface area contributed by atoms with Crippen LogP contribution < -0.4 is 16.4 Å². The van der Waals surface area contributed by atoms with Gasteiger partial charge >= 0.3 is 6.18 Å². The van der Waals surface area contributed by atoms with Crippen LogP contribution in [0.2, 0.25) is 0 Å². The number of hydrogen-bond acceptors (Lipinski definition) is 8. The van der Waals surface area contributed by atoms with Gasteiger partial charge in [0.15, 0.2) is 17.2 Å². The molecule has 47 heavy (non-hydrogen) atoms. The van der Waals surface area contributed by atoms with Gasteiger partial charge < -0.3 is 26.4 Å². The highest BCUT2D eigenvalue weighted by atomic mass is 19.4. The predicted molar refractivity (Wildman–Crippen MR) is 159 cm³/mol. The third-order valence-corrected chi connectivity index (χ3v) is 7.42. The Bertz CT molecular complexity index is 1720. The number of benzene rings is 1. The standard InChI is InChI=1S/C28H30F5N9O2.CH2O2/c1-2-17-9-18(3-4-19(17)27(44)37-12-23(43)40-7-5-16(10-34)13-40)38-25-26-36-11-21(42(26)8-6-35-25)20-14-41(15-22(29)30)39-24(20)28(31,32)33;2-1-3/h3-4,6,8-9,11,14,16,22H,2,5,7,10,12-13,15,34H2,1H3,(H,35,38)(H,37,44);1H,(H,2,3). The van der Waals surface area contributed by atoms with Crippen LogP contribution in [0.4, 0.5) is 33.5 Å². The Hall–Kier alpha value is -5.13. The SMILES string of the molecule is CCc1cc(Nc2nccn3c(-c4cn(CC(F)F)nc4C(F)(F)F)cnc23)ccc1C(=O)NCC(=O)N1CCC(CN)C1.O=CO. The fraction of sp³-hybridized carbons (Fsp3) is 0.379. The Morgan fingerprint density at radius 3 is 2.62 bits per heavy atom. The van der Waals surface area contributed by atoms with Crippen LogP contribution in [0.5, 0.6) is 0 Å². The largest absolute Gasteiger partial charge is 0.483 e. The van der Waals surface area contributed by atoms with Gasteiger partial charge in [-0.25, -0.2) is 18.7 Å². The molecule has 0 saturated carbocycles. The van der Waals surface area contributed by atoms with Gasteiger partial charge in [-0.05, 0) is 49.1 Å². The molecule has 4 aromatic rings. The second-order valence-corrected chi connectivity index (χ2v) is 10.5. The zero-order chi connectivity index (χ0) is 34.3. The Kier molecular flexibility index (Phi) is 11.1. The Morgan fingerprint density at radius 1 is 1.23 bits per heavy atom. The molecule has 1 aliphatic rings. The van der Waals surface area contributed by atoms with Gasteiger partial charge in [0.25, 0.3) is 18.8 Å². The zero-order valence-electron chi connectivity index (χ0n) is 25.0. The van der Waals surface area contributed by atoms with E-state index in [4.69, 9.17) is 15.6 Å². The van der Waals surface area contributed by atoms with Gasteiger partial charge in [-0.1, -0.05) is 6.92 Å². The second kappa shape index (κ2) is 15.0. The maximum absolute atomic E-state index is 13.7. The first kappa shape index (κ1) is 34.7. The van der Waals surface area contributed by atoms with Gasteiger partial charge in [0, 0.05) is 42.9 Å². The average molecular weight is 666 g/mol. The van der Waals surface area contributed by atoms with Crippen molar-refractivity contribution in [3.8, 4) is 11.3 Å². The highest BCUT2D eigenvalue weighted by Crippen LogP contribution is 2.37. The molecule has 1 aliphatic heterocycles. The minimum Gasteiger partial charge on any atom is -0.483 e. The van der Waals surface area contributed by atoms with Crippen LogP contribution >= 0.6 is 0 Å². The molecule has 0 bridgehead atoms. The number of anilines is 2. The van der Waals surface area contributed by atoms with Gasteiger partial charge in [0.05, 0.1) is 24.0 Å². The molecule has 4 heterocycles. The lowest BCUT2D eigenvalue weighted by Gasteiger charge is -2.17. The van der Waals surface area contributed by atoms with E-state index in [9.17, 15) is 31.5 Å². The summed E-state index contributed by atoms with van der Waals surface area (Å²) in [6.45, 7) is 2.19. The lowest BCUT2D eigenvalue weighted by Crippen LogP contribution is -2.39. The maximum atomic E-state index is 13.7. The minimum absolute atomic E-state index is 0.0124. The lowest BCUT2D eigenvalue weighted by atomic mass is 10.0. The van der Waals surface area contributed by atoms with Crippen LogP contribution in [-0.4, -0.2) is 85.0 Å². The fourth-order valence-corrected chi connectivity index (χ4v) is 5.20. The van der Waals surface area contributed by atoms with E-state index in [1.807, 2.05) is 6.92 Å². The normalized spacial score (nSPS) is 14.6. The molecule has 0 radical (unpaired) electrons. The summed E-state index contributed by atoms with van der Waals surface area (Å²) in [5, 5.41) is 16.0. The number of nitrogens with zero attached hydrogens (tertiary/aromatic N) is 6. The number of hydrogen-bond donors (Lipinski definition) is 4. The third kappa shape index (κ3) is 8.18. The van der Waals surface area contributed by atoms with Crippen molar-refractivity contribution in [1.82, 2.24) is 34.4 Å². The summed E-state index contributed by atoms with van der Waals surface area (Å²) in [6, 6.07) is 4.97. The number of nitrogens with one attached hydrogen (secondary N) is 2. The monoisotopic (exact) mass is 665 g/mol. The first-order chi connectivity index (χ1) is 22.4. The Labute approximate surface area is 264 Å². The molecule has 5 rings (SSSR count). The molecule has 252 valence electrons. The summed E-state index contributed by atoms with van der Waals surface area (Å²) >= 11 is 0. The van der Waals surface area contributed by atoms with E-state index in [-0.39, 0.29) is 42.0 Å². The van der Waals surface area contributed by atoms with Crippen LogP contribution in [0.3, 0.4) is 0 Å². The van der Waals surface area contributed by atoms with Crippen LogP contribution in [-0.2, 0) is 28.7 Å². The van der Waals surface area contributed by atoms with Crippen molar-refractivity contribution < 1.29 is 41.4 Å². The second-order valence-electron chi connectivity index (χ2n) is 10.5. The number of fused-ring (bicyclic) bond motifs is 1. The summed E-state index contributed by atoms with van der Waals surface area (Å²) in [5.41, 5.74) is 5.74. The highest BCUT2D eigenvalue weighted by Gasteiger charge is 2.38. The highest BCUT2D eigenvalue weighted by molar-refractivity contribution is 5.98. The quantitative estimate of drug-likeness (QED) is 0.146. The van der Waals surface area contributed by atoms with E-state index in [0.29, 0.717) is 47.6 Å². The Balaban J connectivity index is 0.00000160. The Morgan fingerprint density at radius 2 is 1.98 bits per heavy atom. The van der Waals surface area contributed by atoms with E-state index in [2.05, 4.69) is 25.7 Å². The molecule has 3 aromatic heterocycles. The molecule has 1 saturated heterocycles. The van der Waals surface area contributed by atoms with Gasteiger partial charge in [-0.15, -0.1) is 0 Å². The molecule has 1 aromatic carbocycles. The lowest BCUT2D eigenvalue weighted by molar-refractivity contribution is -0.141. The molecule has 1 unspecified atom stereocenters. The topological polar surface area (TPSA) is 173 Å². The molecule has 13 nitrogen and oxygen atoms in total. The van der Waals surface area contributed by atoms with Crippen molar-refractivity contribution in [3.05, 3.63) is 59.8 Å². The van der Waals surface area contributed by atoms with Gasteiger partial charge in [0.2, 0.25) is 5.91 Å². The number of alkyl halides is 5. The number of carbonyl (C=O) groups is 3. The van der Waals surface area contributed by atoms with Crippen molar-refractivity contribution in [1.29, 1.82) is 0 Å². The predicted octanol–water partition coefficient (Wildman–Crippen LogP) is 3.42. The number of carboxylic acid groups (broad SMARTS) is 1. The molecule has 0 spiro atoms. The minimum atomic E-state index is -4.89. The van der Waals surface area contributed by atoms with E-state index in [1.54, 1.807) is 23.1 Å².